The average Bonchev–Trinajstić information content (AvgIpc) is 3.03. The van der Waals surface area contributed by atoms with E-state index in [0.29, 0.717) is 18.0 Å². The molecule has 0 unspecified atom stereocenters. The molecule has 2 rings (SSSR count). The third-order valence-corrected chi connectivity index (χ3v) is 4.36. The largest absolute Gasteiger partial charge is 0.492 e. The zero-order valence-electron chi connectivity index (χ0n) is 14.2. The number of nitrogens with zero attached hydrogens (tertiary/aromatic N) is 3. The van der Waals surface area contributed by atoms with Crippen molar-refractivity contribution in [3.63, 3.8) is 0 Å². The van der Waals surface area contributed by atoms with Gasteiger partial charge in [-0.25, -0.2) is 0 Å². The number of para-hydroxylation sites is 2. The normalized spacial score (nSPS) is 10.6. The van der Waals surface area contributed by atoms with Gasteiger partial charge < -0.3 is 14.6 Å². The summed E-state index contributed by atoms with van der Waals surface area (Å²) < 4.78 is 7.52. The third-order valence-electron chi connectivity index (χ3n) is 3.38. The summed E-state index contributed by atoms with van der Waals surface area (Å²) in [4.78, 5) is 12.2. The van der Waals surface area contributed by atoms with Gasteiger partial charge in [-0.15, -0.1) is 10.2 Å². The molecule has 6 nitrogen and oxygen atoms in total. The van der Waals surface area contributed by atoms with Gasteiger partial charge in [0.05, 0.1) is 18.0 Å². The highest BCUT2D eigenvalue weighted by molar-refractivity contribution is 7.99. The van der Waals surface area contributed by atoms with Gasteiger partial charge >= 0.3 is 0 Å². The van der Waals surface area contributed by atoms with Crippen LogP contribution < -0.4 is 10.1 Å². The summed E-state index contributed by atoms with van der Waals surface area (Å²) in [7, 11) is 0. The monoisotopic (exact) mass is 348 g/mol. The second-order valence-corrected chi connectivity index (χ2v) is 6.22. The van der Waals surface area contributed by atoms with E-state index in [0.717, 1.165) is 18.1 Å². The molecular formula is C17H24N4O2S. The molecule has 0 saturated carbocycles. The van der Waals surface area contributed by atoms with Gasteiger partial charge in [0.1, 0.15) is 12.1 Å². The number of carbonyl (C=O) groups is 1. The van der Waals surface area contributed by atoms with Crippen LogP contribution >= 0.6 is 11.8 Å². The minimum atomic E-state index is -0.0877. The molecule has 2 aromatic rings. The second-order valence-electron chi connectivity index (χ2n) is 5.28. The standard InChI is InChI=1S/C17H24N4O2S/c1-3-5-8-11-21-13-18-20-17(21)24-12-16(22)19-14-9-6-7-10-15(14)23-4-2/h6-7,9-10,13H,3-5,8,11-12H2,1-2H3,(H,19,22). The highest BCUT2D eigenvalue weighted by Crippen LogP contribution is 2.24. The summed E-state index contributed by atoms with van der Waals surface area (Å²) >= 11 is 1.39. The van der Waals surface area contributed by atoms with Crippen LogP contribution in [0.2, 0.25) is 0 Å². The fourth-order valence-electron chi connectivity index (χ4n) is 2.21. The summed E-state index contributed by atoms with van der Waals surface area (Å²) in [6.07, 6.45) is 5.17. The number of hydrogen-bond acceptors (Lipinski definition) is 5. The van der Waals surface area contributed by atoms with Crippen molar-refractivity contribution >= 4 is 23.4 Å². The fraction of sp³-hybridized carbons (Fsp3) is 0.471. The topological polar surface area (TPSA) is 69.0 Å². The Balaban J connectivity index is 1.87. The van der Waals surface area contributed by atoms with Crippen LogP contribution in [0.1, 0.15) is 33.1 Å². The molecule has 1 amide bonds. The lowest BCUT2D eigenvalue weighted by Gasteiger charge is -2.11. The fourth-order valence-corrected chi connectivity index (χ4v) is 2.95. The van der Waals surface area contributed by atoms with Crippen molar-refractivity contribution in [2.24, 2.45) is 0 Å². The predicted molar refractivity (Wildman–Crippen MR) is 96.5 cm³/mol. The number of hydrogen-bond donors (Lipinski definition) is 1. The molecule has 130 valence electrons. The summed E-state index contributed by atoms with van der Waals surface area (Å²) in [5, 5.41) is 11.7. The number of ether oxygens (including phenoxy) is 1. The molecule has 0 aliphatic heterocycles. The Labute approximate surface area is 147 Å². The Morgan fingerprint density at radius 1 is 1.29 bits per heavy atom. The minimum absolute atomic E-state index is 0.0877. The molecular weight excluding hydrogens is 324 g/mol. The Kier molecular flexibility index (Phi) is 7.61. The smallest absolute Gasteiger partial charge is 0.234 e. The first kappa shape index (κ1) is 18.3. The molecule has 0 atom stereocenters. The van der Waals surface area contributed by atoms with Crippen molar-refractivity contribution in [1.29, 1.82) is 0 Å². The summed E-state index contributed by atoms with van der Waals surface area (Å²) in [6.45, 7) is 5.53. The van der Waals surface area contributed by atoms with Crippen molar-refractivity contribution in [2.45, 2.75) is 44.8 Å². The van der Waals surface area contributed by atoms with E-state index >= 15 is 0 Å². The van der Waals surface area contributed by atoms with E-state index in [-0.39, 0.29) is 11.7 Å². The van der Waals surface area contributed by atoms with Crippen molar-refractivity contribution in [3.05, 3.63) is 30.6 Å². The Bertz CT molecular complexity index is 645. The van der Waals surface area contributed by atoms with Crippen LogP contribution in [0.4, 0.5) is 5.69 Å². The molecule has 1 heterocycles. The van der Waals surface area contributed by atoms with Crippen molar-refractivity contribution in [2.75, 3.05) is 17.7 Å². The molecule has 24 heavy (non-hydrogen) atoms. The average molecular weight is 348 g/mol. The summed E-state index contributed by atoms with van der Waals surface area (Å²) in [6, 6.07) is 7.43. The summed E-state index contributed by atoms with van der Waals surface area (Å²) in [5.74, 6) is 0.878. The van der Waals surface area contributed by atoms with E-state index in [1.54, 1.807) is 6.33 Å². The lowest BCUT2D eigenvalue weighted by Crippen LogP contribution is -2.15. The molecule has 1 aromatic carbocycles. The molecule has 0 aliphatic carbocycles. The number of thioether (sulfide) groups is 1. The molecule has 1 N–H and O–H groups in total. The number of carbonyl (C=O) groups excluding carboxylic acids is 1. The quantitative estimate of drug-likeness (QED) is 0.525. The maximum absolute atomic E-state index is 12.2. The number of amides is 1. The first-order valence-corrected chi connectivity index (χ1v) is 9.25. The summed E-state index contributed by atoms with van der Waals surface area (Å²) in [5.41, 5.74) is 0.689. The molecule has 0 bridgehead atoms. The van der Waals surface area contributed by atoms with E-state index in [4.69, 9.17) is 4.74 Å². The number of anilines is 1. The third kappa shape index (κ3) is 5.56. The second kappa shape index (κ2) is 9.97. The molecule has 1 aromatic heterocycles. The van der Waals surface area contributed by atoms with Gasteiger partial charge in [-0.05, 0) is 25.5 Å². The van der Waals surface area contributed by atoms with E-state index in [1.807, 2.05) is 35.8 Å². The Hall–Kier alpha value is -2.02. The SMILES string of the molecule is CCCCCn1cnnc1SCC(=O)Nc1ccccc1OCC. The zero-order valence-corrected chi connectivity index (χ0v) is 15.0. The van der Waals surface area contributed by atoms with Crippen LogP contribution in [0.25, 0.3) is 0 Å². The van der Waals surface area contributed by atoms with Crippen molar-refractivity contribution < 1.29 is 9.53 Å². The van der Waals surface area contributed by atoms with Crippen molar-refractivity contribution in [3.8, 4) is 5.75 Å². The van der Waals surface area contributed by atoms with Gasteiger partial charge in [-0.3, -0.25) is 4.79 Å². The first-order chi connectivity index (χ1) is 11.7. The number of benzene rings is 1. The number of nitrogens with one attached hydrogen (secondary N) is 1. The highest BCUT2D eigenvalue weighted by Gasteiger charge is 2.11. The van der Waals surface area contributed by atoms with Crippen LogP contribution in [-0.4, -0.2) is 33.0 Å². The van der Waals surface area contributed by atoms with Crippen LogP contribution in [0, 0.1) is 0 Å². The number of aryl methyl sites for hydroxylation is 1. The van der Waals surface area contributed by atoms with Crippen LogP contribution in [0.3, 0.4) is 0 Å². The molecule has 0 aliphatic rings. The van der Waals surface area contributed by atoms with Gasteiger partial charge in [-0.1, -0.05) is 43.7 Å². The van der Waals surface area contributed by atoms with E-state index < -0.39 is 0 Å². The molecule has 7 heteroatoms. The number of aromatic nitrogens is 3. The van der Waals surface area contributed by atoms with Crippen LogP contribution in [0.15, 0.2) is 35.7 Å². The van der Waals surface area contributed by atoms with Gasteiger partial charge in [0, 0.05) is 6.54 Å². The zero-order chi connectivity index (χ0) is 17.2. The molecule has 0 radical (unpaired) electrons. The van der Waals surface area contributed by atoms with E-state index in [1.165, 1.54) is 24.6 Å². The minimum Gasteiger partial charge on any atom is -0.492 e. The first-order valence-electron chi connectivity index (χ1n) is 8.26. The van der Waals surface area contributed by atoms with Crippen LogP contribution in [-0.2, 0) is 11.3 Å². The molecule has 0 spiro atoms. The Morgan fingerprint density at radius 2 is 2.12 bits per heavy atom. The number of unbranched alkanes of at least 4 members (excludes halogenated alkanes) is 2. The van der Waals surface area contributed by atoms with Gasteiger partial charge in [-0.2, -0.15) is 0 Å². The van der Waals surface area contributed by atoms with E-state index in [9.17, 15) is 4.79 Å². The van der Waals surface area contributed by atoms with Crippen LogP contribution in [0.5, 0.6) is 5.75 Å². The molecule has 0 fully saturated rings. The highest BCUT2D eigenvalue weighted by atomic mass is 32.2. The number of rotatable bonds is 10. The Morgan fingerprint density at radius 3 is 2.92 bits per heavy atom. The maximum atomic E-state index is 12.2. The van der Waals surface area contributed by atoms with E-state index in [2.05, 4.69) is 22.4 Å². The van der Waals surface area contributed by atoms with Gasteiger partial charge in [0.2, 0.25) is 5.91 Å². The van der Waals surface area contributed by atoms with Gasteiger partial charge in [0.25, 0.3) is 0 Å². The predicted octanol–water partition coefficient (Wildman–Crippen LogP) is 3.60. The lowest BCUT2D eigenvalue weighted by molar-refractivity contribution is -0.113. The lowest BCUT2D eigenvalue weighted by atomic mass is 10.2. The van der Waals surface area contributed by atoms with Crippen molar-refractivity contribution in [1.82, 2.24) is 14.8 Å². The molecule has 0 saturated heterocycles. The maximum Gasteiger partial charge on any atom is 0.234 e. The van der Waals surface area contributed by atoms with Gasteiger partial charge in [0.15, 0.2) is 5.16 Å².